The summed E-state index contributed by atoms with van der Waals surface area (Å²) in [6.07, 6.45) is 2.21. The smallest absolute Gasteiger partial charge is 0.415 e. The van der Waals surface area contributed by atoms with Crippen LogP contribution in [-0.2, 0) is 4.74 Å². The summed E-state index contributed by atoms with van der Waals surface area (Å²) in [5.41, 5.74) is 3.20. The highest BCUT2D eigenvalue weighted by Gasteiger charge is 2.46. The van der Waals surface area contributed by atoms with Crippen LogP contribution in [0.2, 0.25) is 5.02 Å². The summed E-state index contributed by atoms with van der Waals surface area (Å²) >= 11 is 6.33. The first-order valence-electron chi connectivity index (χ1n) is 12.7. The van der Waals surface area contributed by atoms with Gasteiger partial charge in [0.25, 0.3) is 0 Å². The van der Waals surface area contributed by atoms with Crippen LogP contribution in [0.1, 0.15) is 42.3 Å². The summed E-state index contributed by atoms with van der Waals surface area (Å²) in [4.78, 5) is 15.2. The van der Waals surface area contributed by atoms with Crippen molar-refractivity contribution in [3.63, 3.8) is 0 Å². The predicted octanol–water partition coefficient (Wildman–Crippen LogP) is 6.56. The van der Waals surface area contributed by atoms with Crippen LogP contribution in [0.4, 0.5) is 14.9 Å². The molecule has 1 N–H and O–H groups in total. The molecule has 2 unspecified atom stereocenters. The minimum absolute atomic E-state index is 0.0507. The molecule has 1 amide bonds. The number of nitrogens with zero attached hydrogens (tertiary/aromatic N) is 1. The number of fused-ring (bicyclic) bond motifs is 3. The SMILES string of the molecule is O=C(Oc1ccc(F)cc1)N1CCC2c3cc(Cl)ccc3NC2[C@@H]1c1ccc(OC2CCOCC2)cc1. The van der Waals surface area contributed by atoms with E-state index in [9.17, 15) is 9.18 Å². The van der Waals surface area contributed by atoms with Crippen molar-refractivity contribution >= 4 is 23.4 Å². The quantitative estimate of drug-likeness (QED) is 0.420. The summed E-state index contributed by atoms with van der Waals surface area (Å²) in [6, 6.07) is 19.0. The summed E-state index contributed by atoms with van der Waals surface area (Å²) in [7, 11) is 0. The topological polar surface area (TPSA) is 60.0 Å². The zero-order chi connectivity index (χ0) is 25.4. The van der Waals surface area contributed by atoms with Gasteiger partial charge in [0.1, 0.15) is 23.4 Å². The Hall–Kier alpha value is -3.29. The number of likely N-dealkylation sites (tertiary alicyclic amines) is 1. The molecule has 3 aromatic rings. The van der Waals surface area contributed by atoms with E-state index >= 15 is 0 Å². The Morgan fingerprint density at radius 3 is 2.46 bits per heavy atom. The number of anilines is 1. The highest BCUT2D eigenvalue weighted by molar-refractivity contribution is 6.30. The number of hydrogen-bond acceptors (Lipinski definition) is 5. The predicted molar refractivity (Wildman–Crippen MR) is 139 cm³/mol. The van der Waals surface area contributed by atoms with E-state index in [1.807, 2.05) is 42.5 Å². The number of ether oxygens (including phenoxy) is 3. The second kappa shape index (κ2) is 10.2. The lowest BCUT2D eigenvalue weighted by atomic mass is 9.81. The van der Waals surface area contributed by atoms with Crippen LogP contribution in [0.5, 0.6) is 11.5 Å². The second-order valence-electron chi connectivity index (χ2n) is 9.76. The lowest BCUT2D eigenvalue weighted by Gasteiger charge is -2.42. The van der Waals surface area contributed by atoms with Gasteiger partial charge in [-0.05, 0) is 72.1 Å². The molecule has 2 fully saturated rings. The molecule has 0 bridgehead atoms. The van der Waals surface area contributed by atoms with Crippen LogP contribution in [0.15, 0.2) is 66.7 Å². The molecule has 3 aromatic carbocycles. The molecular weight excluding hydrogens is 495 g/mol. The van der Waals surface area contributed by atoms with Crippen molar-refractivity contribution in [2.24, 2.45) is 0 Å². The number of nitrogens with one attached hydrogen (secondary N) is 1. The van der Waals surface area contributed by atoms with Crippen LogP contribution < -0.4 is 14.8 Å². The van der Waals surface area contributed by atoms with Crippen LogP contribution in [-0.4, -0.2) is 42.9 Å². The molecule has 0 aromatic heterocycles. The highest BCUT2D eigenvalue weighted by atomic mass is 35.5. The number of carbonyl (C=O) groups is 1. The van der Waals surface area contributed by atoms with Gasteiger partial charge in [-0.15, -0.1) is 0 Å². The Balaban J connectivity index is 1.28. The largest absolute Gasteiger partial charge is 0.490 e. The van der Waals surface area contributed by atoms with Gasteiger partial charge < -0.3 is 19.5 Å². The van der Waals surface area contributed by atoms with Crippen LogP contribution in [0.25, 0.3) is 0 Å². The summed E-state index contributed by atoms with van der Waals surface area (Å²) < 4.78 is 30.6. The van der Waals surface area contributed by atoms with Crippen molar-refractivity contribution < 1.29 is 23.4 Å². The zero-order valence-corrected chi connectivity index (χ0v) is 21.0. The molecule has 0 radical (unpaired) electrons. The highest BCUT2D eigenvalue weighted by Crippen LogP contribution is 2.49. The van der Waals surface area contributed by atoms with E-state index in [0.717, 1.165) is 49.5 Å². The second-order valence-corrected chi connectivity index (χ2v) is 10.2. The minimum atomic E-state index is -0.464. The van der Waals surface area contributed by atoms with Crippen molar-refractivity contribution in [3.8, 4) is 11.5 Å². The standard InChI is InChI=1S/C29H28ClFN2O4/c30-19-3-10-26-25(17-19)24-11-14-33(29(34)37-22-8-4-20(31)5-9-22)28(27(24)32-26)18-1-6-21(7-2-18)36-23-12-15-35-16-13-23/h1-10,17,23-24,27-28,32H,11-16H2/t24?,27?,28-/m0/s1. The van der Waals surface area contributed by atoms with Gasteiger partial charge in [-0.25, -0.2) is 9.18 Å². The molecule has 0 saturated carbocycles. The number of carbonyl (C=O) groups excluding carboxylic acids is 1. The third-order valence-electron chi connectivity index (χ3n) is 7.47. The summed E-state index contributed by atoms with van der Waals surface area (Å²) in [6.45, 7) is 1.95. The van der Waals surface area contributed by atoms with E-state index in [4.69, 9.17) is 25.8 Å². The molecule has 6 nitrogen and oxygen atoms in total. The van der Waals surface area contributed by atoms with Gasteiger partial charge >= 0.3 is 6.09 Å². The van der Waals surface area contributed by atoms with Gasteiger partial charge in [-0.1, -0.05) is 23.7 Å². The van der Waals surface area contributed by atoms with Gasteiger partial charge in [0.05, 0.1) is 25.3 Å². The van der Waals surface area contributed by atoms with Gasteiger partial charge in [0.2, 0.25) is 0 Å². The molecular formula is C29H28ClFN2O4. The third kappa shape index (κ3) is 4.98. The Labute approximate surface area is 220 Å². The van der Waals surface area contributed by atoms with Crippen LogP contribution in [0, 0.1) is 5.82 Å². The molecule has 0 aliphatic carbocycles. The minimum Gasteiger partial charge on any atom is -0.490 e. The van der Waals surface area contributed by atoms with E-state index < -0.39 is 6.09 Å². The number of hydrogen-bond donors (Lipinski definition) is 1. The fourth-order valence-corrected chi connectivity index (χ4v) is 5.86. The van der Waals surface area contributed by atoms with E-state index in [-0.39, 0.29) is 29.9 Å². The molecule has 3 aliphatic rings. The maximum Gasteiger partial charge on any atom is 0.415 e. The van der Waals surface area contributed by atoms with Crippen molar-refractivity contribution in [1.82, 2.24) is 4.90 Å². The number of benzene rings is 3. The Morgan fingerprint density at radius 2 is 1.70 bits per heavy atom. The van der Waals surface area contributed by atoms with E-state index in [1.54, 1.807) is 4.90 Å². The maximum absolute atomic E-state index is 13.4. The normalized spacial score (nSPS) is 23.1. The lowest BCUT2D eigenvalue weighted by Crippen LogP contribution is -2.50. The molecule has 6 rings (SSSR count). The Morgan fingerprint density at radius 1 is 0.973 bits per heavy atom. The van der Waals surface area contributed by atoms with Gasteiger partial charge in [0, 0.05) is 36.0 Å². The van der Waals surface area contributed by atoms with Crippen molar-refractivity contribution in [1.29, 1.82) is 0 Å². The number of amides is 1. The molecule has 2 saturated heterocycles. The van der Waals surface area contributed by atoms with E-state index in [2.05, 4.69) is 5.32 Å². The first-order valence-corrected chi connectivity index (χ1v) is 13.1. The number of halogens is 2. The monoisotopic (exact) mass is 522 g/mol. The average molecular weight is 523 g/mol. The molecule has 0 spiro atoms. The fraction of sp³-hybridized carbons (Fsp3) is 0.345. The summed E-state index contributed by atoms with van der Waals surface area (Å²) in [5, 5.41) is 4.35. The van der Waals surface area contributed by atoms with Crippen LogP contribution >= 0.6 is 11.6 Å². The van der Waals surface area contributed by atoms with Crippen molar-refractivity contribution in [2.45, 2.75) is 43.4 Å². The molecule has 8 heteroatoms. The molecule has 3 heterocycles. The van der Waals surface area contributed by atoms with E-state index in [0.29, 0.717) is 17.3 Å². The third-order valence-corrected chi connectivity index (χ3v) is 7.71. The molecule has 3 atom stereocenters. The van der Waals surface area contributed by atoms with Crippen molar-refractivity contribution in [2.75, 3.05) is 25.1 Å². The number of piperidine rings is 1. The van der Waals surface area contributed by atoms with Crippen molar-refractivity contribution in [3.05, 3.63) is 88.7 Å². The molecule has 3 aliphatic heterocycles. The Kier molecular flexibility index (Phi) is 6.65. The fourth-order valence-electron chi connectivity index (χ4n) is 5.67. The lowest BCUT2D eigenvalue weighted by molar-refractivity contribution is 0.0255. The van der Waals surface area contributed by atoms with Gasteiger partial charge in [0.15, 0.2) is 0 Å². The molecule has 37 heavy (non-hydrogen) atoms. The van der Waals surface area contributed by atoms with Gasteiger partial charge in [-0.3, -0.25) is 4.90 Å². The van der Waals surface area contributed by atoms with E-state index in [1.165, 1.54) is 29.8 Å². The first kappa shape index (κ1) is 24.1. The van der Waals surface area contributed by atoms with Crippen LogP contribution in [0.3, 0.4) is 0 Å². The summed E-state index contributed by atoms with van der Waals surface area (Å²) in [5.74, 6) is 0.930. The molecule has 192 valence electrons. The van der Waals surface area contributed by atoms with Gasteiger partial charge in [-0.2, -0.15) is 0 Å². The first-order chi connectivity index (χ1) is 18.0. The Bertz CT molecular complexity index is 1260. The number of rotatable bonds is 4. The maximum atomic E-state index is 13.4. The average Bonchev–Trinajstić information content (AvgIpc) is 3.28. The zero-order valence-electron chi connectivity index (χ0n) is 20.2.